The van der Waals surface area contributed by atoms with Crippen molar-refractivity contribution in [1.29, 1.82) is 5.26 Å². The minimum atomic E-state index is -0.401. The first-order valence-corrected chi connectivity index (χ1v) is 8.00. The number of carbonyl (C=O) groups is 1. The van der Waals surface area contributed by atoms with Gasteiger partial charge in [-0.3, -0.25) is 4.79 Å². The first-order valence-electron chi connectivity index (χ1n) is 8.00. The van der Waals surface area contributed by atoms with Crippen molar-refractivity contribution >= 4 is 12.0 Å². The topological polar surface area (TPSA) is 80.6 Å². The fraction of sp³-hybridized carbons (Fsp3) is 0.444. The molecule has 1 fully saturated rings. The molecule has 0 spiro atoms. The van der Waals surface area contributed by atoms with Gasteiger partial charge in [-0.05, 0) is 43.5 Å². The van der Waals surface area contributed by atoms with Gasteiger partial charge in [-0.2, -0.15) is 5.26 Å². The summed E-state index contributed by atoms with van der Waals surface area (Å²) in [5.41, 5.74) is 0.740. The Bertz CT molecular complexity index is 643. The summed E-state index contributed by atoms with van der Waals surface area (Å²) in [6.07, 6.45) is 3.52. The number of hydrogen-bond donors (Lipinski definition) is 1. The van der Waals surface area contributed by atoms with E-state index in [4.69, 9.17) is 14.2 Å². The first-order chi connectivity index (χ1) is 11.7. The van der Waals surface area contributed by atoms with Crippen LogP contribution in [0.3, 0.4) is 0 Å². The number of amides is 1. The molecule has 0 bridgehead atoms. The van der Waals surface area contributed by atoms with E-state index >= 15 is 0 Å². The fourth-order valence-corrected chi connectivity index (χ4v) is 2.47. The molecular weight excluding hydrogens is 308 g/mol. The molecule has 1 aromatic carbocycles. The van der Waals surface area contributed by atoms with Gasteiger partial charge in [-0.25, -0.2) is 0 Å². The van der Waals surface area contributed by atoms with Gasteiger partial charge in [0.05, 0.1) is 19.8 Å². The monoisotopic (exact) mass is 330 g/mol. The lowest BCUT2D eigenvalue weighted by atomic mass is 10.1. The number of carbonyl (C=O) groups excluding carboxylic acids is 1. The van der Waals surface area contributed by atoms with E-state index in [9.17, 15) is 10.1 Å². The van der Waals surface area contributed by atoms with Crippen LogP contribution in [0.5, 0.6) is 11.5 Å². The Labute approximate surface area is 142 Å². The maximum atomic E-state index is 12.2. The van der Waals surface area contributed by atoms with E-state index in [0.29, 0.717) is 30.2 Å². The highest BCUT2D eigenvalue weighted by atomic mass is 16.5. The van der Waals surface area contributed by atoms with Crippen LogP contribution in [0, 0.1) is 11.3 Å². The Balaban J connectivity index is 2.09. The molecule has 6 heteroatoms. The van der Waals surface area contributed by atoms with E-state index in [1.54, 1.807) is 25.3 Å². The summed E-state index contributed by atoms with van der Waals surface area (Å²) in [5.74, 6) is 0.780. The molecule has 1 amide bonds. The molecule has 1 N–H and O–H groups in total. The van der Waals surface area contributed by atoms with Crippen molar-refractivity contribution in [3.63, 3.8) is 0 Å². The minimum Gasteiger partial charge on any atom is -0.493 e. The maximum absolute atomic E-state index is 12.2. The van der Waals surface area contributed by atoms with Crippen molar-refractivity contribution in [2.75, 3.05) is 26.9 Å². The van der Waals surface area contributed by atoms with Gasteiger partial charge < -0.3 is 19.5 Å². The molecule has 1 heterocycles. The lowest BCUT2D eigenvalue weighted by molar-refractivity contribution is -0.117. The van der Waals surface area contributed by atoms with Crippen LogP contribution >= 0.6 is 0 Å². The first kappa shape index (κ1) is 17.8. The zero-order valence-corrected chi connectivity index (χ0v) is 14.0. The number of nitrogens with one attached hydrogen (secondary N) is 1. The zero-order valence-electron chi connectivity index (χ0n) is 14.0. The Morgan fingerprint density at radius 3 is 2.96 bits per heavy atom. The average molecular weight is 330 g/mol. The summed E-state index contributed by atoms with van der Waals surface area (Å²) in [4.78, 5) is 12.2. The van der Waals surface area contributed by atoms with E-state index in [1.165, 1.54) is 6.08 Å². The van der Waals surface area contributed by atoms with E-state index in [-0.39, 0.29) is 11.7 Å². The second-order valence-electron chi connectivity index (χ2n) is 5.36. The highest BCUT2D eigenvalue weighted by Crippen LogP contribution is 2.28. The predicted octanol–water partition coefficient (Wildman–Crippen LogP) is 2.30. The van der Waals surface area contributed by atoms with Gasteiger partial charge in [0, 0.05) is 13.2 Å². The van der Waals surface area contributed by atoms with Crippen LogP contribution in [0.15, 0.2) is 23.8 Å². The highest BCUT2D eigenvalue weighted by Gasteiger charge is 2.17. The third-order valence-electron chi connectivity index (χ3n) is 3.68. The summed E-state index contributed by atoms with van der Waals surface area (Å²) in [5, 5.41) is 12.0. The number of benzene rings is 1. The highest BCUT2D eigenvalue weighted by molar-refractivity contribution is 6.01. The molecule has 0 aliphatic carbocycles. The lowest BCUT2D eigenvalue weighted by Gasteiger charge is -2.11. The van der Waals surface area contributed by atoms with E-state index in [2.05, 4.69) is 5.32 Å². The lowest BCUT2D eigenvalue weighted by Crippen LogP contribution is -2.32. The van der Waals surface area contributed by atoms with E-state index in [0.717, 1.165) is 19.4 Å². The van der Waals surface area contributed by atoms with E-state index in [1.807, 2.05) is 13.0 Å². The van der Waals surface area contributed by atoms with E-state index < -0.39 is 5.91 Å². The minimum absolute atomic E-state index is 0.0411. The van der Waals surface area contributed by atoms with Gasteiger partial charge in [0.25, 0.3) is 5.91 Å². The number of nitrogens with zero attached hydrogens (tertiary/aromatic N) is 1. The maximum Gasteiger partial charge on any atom is 0.262 e. The Morgan fingerprint density at radius 2 is 2.33 bits per heavy atom. The van der Waals surface area contributed by atoms with Gasteiger partial charge in [0.1, 0.15) is 11.6 Å². The molecule has 0 unspecified atom stereocenters. The van der Waals surface area contributed by atoms with Crippen LogP contribution in [-0.4, -0.2) is 38.9 Å². The third kappa shape index (κ3) is 4.74. The fourth-order valence-electron chi connectivity index (χ4n) is 2.47. The summed E-state index contributed by atoms with van der Waals surface area (Å²) >= 11 is 0. The summed E-state index contributed by atoms with van der Waals surface area (Å²) in [6, 6.07) is 7.20. The van der Waals surface area contributed by atoms with Crippen molar-refractivity contribution in [3.05, 3.63) is 29.3 Å². The van der Waals surface area contributed by atoms with Gasteiger partial charge in [0.15, 0.2) is 11.5 Å². The SMILES string of the molecule is CCOc1cc(/C=C(/C#N)C(=O)NC[C@@H]2CCCO2)ccc1OC. The normalized spacial score (nSPS) is 17.2. The van der Waals surface area contributed by atoms with Gasteiger partial charge in [-0.15, -0.1) is 0 Å². The van der Waals surface area contributed by atoms with Gasteiger partial charge in [-0.1, -0.05) is 6.07 Å². The second-order valence-corrected chi connectivity index (χ2v) is 5.36. The van der Waals surface area contributed by atoms with Crippen LogP contribution < -0.4 is 14.8 Å². The predicted molar refractivity (Wildman–Crippen MR) is 89.7 cm³/mol. The standard InChI is InChI=1S/C18H22N2O4/c1-3-23-17-10-13(6-7-16(17)22-2)9-14(11-19)18(21)20-12-15-5-4-8-24-15/h6-7,9-10,15H,3-5,8,12H2,1-2H3,(H,20,21)/b14-9-/t15-/m0/s1. The smallest absolute Gasteiger partial charge is 0.262 e. The Hall–Kier alpha value is -2.52. The van der Waals surface area contributed by atoms with Crippen LogP contribution in [0.2, 0.25) is 0 Å². The van der Waals surface area contributed by atoms with Gasteiger partial charge >= 0.3 is 0 Å². The molecule has 1 saturated heterocycles. The molecule has 6 nitrogen and oxygen atoms in total. The summed E-state index contributed by atoms with van der Waals surface area (Å²) in [6.45, 7) is 3.52. The quantitative estimate of drug-likeness (QED) is 0.613. The average Bonchev–Trinajstić information content (AvgIpc) is 3.11. The number of methoxy groups -OCH3 is 1. The van der Waals surface area contributed by atoms with Crippen LogP contribution in [-0.2, 0) is 9.53 Å². The Morgan fingerprint density at radius 1 is 1.50 bits per heavy atom. The van der Waals surface area contributed by atoms with Crippen molar-refractivity contribution in [3.8, 4) is 17.6 Å². The summed E-state index contributed by atoms with van der Waals surface area (Å²) in [7, 11) is 1.56. The number of hydrogen-bond acceptors (Lipinski definition) is 5. The molecule has 0 radical (unpaired) electrons. The molecule has 1 aliphatic heterocycles. The van der Waals surface area contributed by atoms with Crippen LogP contribution in [0.25, 0.3) is 6.08 Å². The molecule has 2 rings (SSSR count). The molecule has 1 aromatic rings. The molecular formula is C18H22N2O4. The molecule has 1 aliphatic rings. The number of rotatable bonds is 7. The summed E-state index contributed by atoms with van der Waals surface area (Å²) < 4.78 is 16.2. The molecule has 0 saturated carbocycles. The molecule has 24 heavy (non-hydrogen) atoms. The van der Waals surface area contributed by atoms with Crippen LogP contribution in [0.1, 0.15) is 25.3 Å². The Kier molecular flexibility index (Phi) is 6.64. The largest absolute Gasteiger partial charge is 0.493 e. The van der Waals surface area contributed by atoms with Crippen LogP contribution in [0.4, 0.5) is 0 Å². The third-order valence-corrected chi connectivity index (χ3v) is 3.68. The number of ether oxygens (including phenoxy) is 3. The van der Waals surface area contributed by atoms with Crippen molar-refractivity contribution in [2.24, 2.45) is 0 Å². The van der Waals surface area contributed by atoms with Crippen molar-refractivity contribution in [2.45, 2.75) is 25.9 Å². The zero-order chi connectivity index (χ0) is 17.4. The molecule has 0 aromatic heterocycles. The van der Waals surface area contributed by atoms with Gasteiger partial charge in [0.2, 0.25) is 0 Å². The molecule has 1 atom stereocenters. The second kappa shape index (κ2) is 8.94. The van der Waals surface area contributed by atoms with Crippen molar-refractivity contribution < 1.29 is 19.0 Å². The molecule has 128 valence electrons. The van der Waals surface area contributed by atoms with Crippen molar-refractivity contribution in [1.82, 2.24) is 5.32 Å². The number of nitriles is 1.